The number of nitrogens with zero attached hydrogens (tertiary/aromatic N) is 2. The third-order valence-electron chi connectivity index (χ3n) is 2.96. The maximum Gasteiger partial charge on any atom is 0.317 e. The number of hydrogen-bond donors (Lipinski definition) is 2. The van der Waals surface area contributed by atoms with E-state index in [1.165, 1.54) is 0 Å². The lowest BCUT2D eigenvalue weighted by atomic mass is 10.0. The molecule has 1 aromatic rings. The molecule has 0 radical (unpaired) electrons. The molecule has 92 valence electrons. The van der Waals surface area contributed by atoms with E-state index >= 15 is 0 Å². The van der Waals surface area contributed by atoms with Gasteiger partial charge in [0.25, 0.3) is 0 Å². The molecule has 1 unspecified atom stereocenters. The molecular weight excluding hydrogens is 216 g/mol. The average molecular weight is 234 g/mol. The molecule has 0 saturated carbocycles. The summed E-state index contributed by atoms with van der Waals surface area (Å²) in [5.41, 5.74) is 6.46. The average Bonchev–Trinajstić information content (AvgIpc) is 2.35. The highest BCUT2D eigenvalue weighted by Crippen LogP contribution is 2.12. The van der Waals surface area contributed by atoms with Crippen LogP contribution in [0.1, 0.15) is 12.1 Å². The molecule has 0 bridgehead atoms. The summed E-state index contributed by atoms with van der Waals surface area (Å²) in [5, 5.41) is 2.89. The predicted octanol–water partition coefficient (Wildman–Crippen LogP) is 0.572. The van der Waals surface area contributed by atoms with Crippen molar-refractivity contribution in [3.8, 4) is 0 Å². The summed E-state index contributed by atoms with van der Waals surface area (Å²) < 4.78 is 0. The Morgan fingerprint density at radius 2 is 2.41 bits per heavy atom. The lowest BCUT2D eigenvalue weighted by Crippen LogP contribution is -2.51. The Morgan fingerprint density at radius 1 is 1.53 bits per heavy atom. The SMILES string of the molecule is NCCC1CNC(=O)N(Cc2ccccn2)C1. The first kappa shape index (κ1) is 11.9. The van der Waals surface area contributed by atoms with Crippen LogP contribution in [0.5, 0.6) is 0 Å². The van der Waals surface area contributed by atoms with Gasteiger partial charge in [-0.2, -0.15) is 0 Å². The van der Waals surface area contributed by atoms with E-state index in [2.05, 4.69) is 10.3 Å². The van der Waals surface area contributed by atoms with Crippen molar-refractivity contribution in [1.82, 2.24) is 15.2 Å². The van der Waals surface area contributed by atoms with E-state index in [9.17, 15) is 4.79 Å². The lowest BCUT2D eigenvalue weighted by Gasteiger charge is -2.32. The minimum atomic E-state index is -0.0103. The van der Waals surface area contributed by atoms with Gasteiger partial charge in [-0.15, -0.1) is 0 Å². The van der Waals surface area contributed by atoms with Gasteiger partial charge in [-0.05, 0) is 31.0 Å². The molecule has 1 aliphatic heterocycles. The van der Waals surface area contributed by atoms with Gasteiger partial charge in [0.15, 0.2) is 0 Å². The Kier molecular flexibility index (Phi) is 3.93. The fourth-order valence-corrected chi connectivity index (χ4v) is 2.06. The minimum Gasteiger partial charge on any atom is -0.338 e. The van der Waals surface area contributed by atoms with Crippen LogP contribution in [-0.2, 0) is 6.54 Å². The zero-order valence-corrected chi connectivity index (χ0v) is 9.80. The second-order valence-electron chi connectivity index (χ2n) is 4.33. The van der Waals surface area contributed by atoms with Crippen LogP contribution < -0.4 is 11.1 Å². The van der Waals surface area contributed by atoms with Crippen LogP contribution in [0.2, 0.25) is 0 Å². The number of carbonyl (C=O) groups is 1. The monoisotopic (exact) mass is 234 g/mol. The van der Waals surface area contributed by atoms with Gasteiger partial charge in [0.05, 0.1) is 12.2 Å². The van der Waals surface area contributed by atoms with Crippen molar-refractivity contribution in [2.75, 3.05) is 19.6 Å². The standard InChI is InChI=1S/C12H18N4O/c13-5-4-10-7-15-12(17)16(8-10)9-11-3-1-2-6-14-11/h1-3,6,10H,4-5,7-9,13H2,(H,15,17). The summed E-state index contributed by atoms with van der Waals surface area (Å²) >= 11 is 0. The molecule has 2 heterocycles. The maximum absolute atomic E-state index is 11.7. The highest BCUT2D eigenvalue weighted by atomic mass is 16.2. The highest BCUT2D eigenvalue weighted by Gasteiger charge is 2.24. The third-order valence-corrected chi connectivity index (χ3v) is 2.96. The van der Waals surface area contributed by atoms with Crippen LogP contribution in [0.4, 0.5) is 4.79 Å². The number of nitrogens with one attached hydrogen (secondary N) is 1. The van der Waals surface area contributed by atoms with E-state index in [-0.39, 0.29) is 6.03 Å². The summed E-state index contributed by atoms with van der Waals surface area (Å²) in [7, 11) is 0. The smallest absolute Gasteiger partial charge is 0.317 e. The Labute approximate surface area is 101 Å². The van der Waals surface area contributed by atoms with Gasteiger partial charge in [-0.25, -0.2) is 4.79 Å². The van der Waals surface area contributed by atoms with Gasteiger partial charge in [-0.3, -0.25) is 4.98 Å². The quantitative estimate of drug-likeness (QED) is 0.800. The van der Waals surface area contributed by atoms with Crippen LogP contribution in [0.25, 0.3) is 0 Å². The molecule has 2 rings (SSSR count). The van der Waals surface area contributed by atoms with Crippen LogP contribution in [0, 0.1) is 5.92 Å². The maximum atomic E-state index is 11.7. The molecule has 5 heteroatoms. The Balaban J connectivity index is 1.96. The molecule has 0 aromatic carbocycles. The van der Waals surface area contributed by atoms with E-state index in [0.717, 1.165) is 25.2 Å². The summed E-state index contributed by atoms with van der Waals surface area (Å²) in [6, 6.07) is 5.72. The summed E-state index contributed by atoms with van der Waals surface area (Å²) in [5.74, 6) is 0.446. The lowest BCUT2D eigenvalue weighted by molar-refractivity contribution is 0.161. The van der Waals surface area contributed by atoms with Gasteiger partial charge >= 0.3 is 6.03 Å². The van der Waals surface area contributed by atoms with Crippen LogP contribution in [-0.4, -0.2) is 35.5 Å². The zero-order valence-electron chi connectivity index (χ0n) is 9.80. The summed E-state index contributed by atoms with van der Waals surface area (Å²) in [6.45, 7) is 2.72. The van der Waals surface area contributed by atoms with Gasteiger partial charge in [0.1, 0.15) is 0 Å². The first-order valence-corrected chi connectivity index (χ1v) is 5.92. The molecule has 3 N–H and O–H groups in total. The van der Waals surface area contributed by atoms with E-state index in [0.29, 0.717) is 19.0 Å². The second kappa shape index (κ2) is 5.63. The largest absolute Gasteiger partial charge is 0.338 e. The van der Waals surface area contributed by atoms with Crippen molar-refractivity contribution < 1.29 is 4.79 Å². The molecule has 5 nitrogen and oxygen atoms in total. The summed E-state index contributed by atoms with van der Waals surface area (Å²) in [4.78, 5) is 17.7. The van der Waals surface area contributed by atoms with Crippen LogP contribution in [0.15, 0.2) is 24.4 Å². The predicted molar refractivity (Wildman–Crippen MR) is 65.2 cm³/mol. The number of urea groups is 1. The van der Waals surface area contributed by atoms with Crippen LogP contribution >= 0.6 is 0 Å². The molecule has 2 amide bonds. The molecule has 1 aliphatic rings. The topological polar surface area (TPSA) is 71.2 Å². The molecular formula is C12H18N4O. The highest BCUT2D eigenvalue weighted by molar-refractivity contribution is 5.74. The fraction of sp³-hybridized carbons (Fsp3) is 0.500. The molecule has 1 aromatic heterocycles. The minimum absolute atomic E-state index is 0.0103. The number of nitrogens with two attached hydrogens (primary N) is 1. The fourth-order valence-electron chi connectivity index (χ4n) is 2.06. The first-order chi connectivity index (χ1) is 8.29. The van der Waals surface area contributed by atoms with Crippen molar-refractivity contribution in [1.29, 1.82) is 0 Å². The number of aromatic nitrogens is 1. The molecule has 1 saturated heterocycles. The number of carbonyl (C=O) groups excluding carboxylic acids is 1. The molecule has 1 fully saturated rings. The van der Waals surface area contributed by atoms with Crippen molar-refractivity contribution in [3.05, 3.63) is 30.1 Å². The van der Waals surface area contributed by atoms with E-state index < -0.39 is 0 Å². The Bertz CT molecular complexity index is 368. The zero-order chi connectivity index (χ0) is 12.1. The third kappa shape index (κ3) is 3.17. The van der Waals surface area contributed by atoms with Gasteiger partial charge in [-0.1, -0.05) is 6.07 Å². The van der Waals surface area contributed by atoms with E-state index in [4.69, 9.17) is 5.73 Å². The summed E-state index contributed by atoms with van der Waals surface area (Å²) in [6.07, 6.45) is 2.69. The molecule has 0 aliphatic carbocycles. The van der Waals surface area contributed by atoms with E-state index in [1.54, 1.807) is 11.1 Å². The molecule has 17 heavy (non-hydrogen) atoms. The Hall–Kier alpha value is -1.62. The van der Waals surface area contributed by atoms with Gasteiger partial charge in [0, 0.05) is 19.3 Å². The van der Waals surface area contributed by atoms with Crippen molar-refractivity contribution in [3.63, 3.8) is 0 Å². The molecule has 0 spiro atoms. The first-order valence-electron chi connectivity index (χ1n) is 5.92. The van der Waals surface area contributed by atoms with Gasteiger partial charge < -0.3 is 16.0 Å². The van der Waals surface area contributed by atoms with Crippen molar-refractivity contribution in [2.24, 2.45) is 11.7 Å². The second-order valence-corrected chi connectivity index (χ2v) is 4.33. The number of rotatable bonds is 4. The Morgan fingerprint density at radius 3 is 3.12 bits per heavy atom. The number of pyridine rings is 1. The number of amides is 2. The van der Waals surface area contributed by atoms with Gasteiger partial charge in [0.2, 0.25) is 0 Å². The van der Waals surface area contributed by atoms with Crippen LogP contribution in [0.3, 0.4) is 0 Å². The van der Waals surface area contributed by atoms with Crippen molar-refractivity contribution >= 4 is 6.03 Å². The van der Waals surface area contributed by atoms with Crippen molar-refractivity contribution in [2.45, 2.75) is 13.0 Å². The number of hydrogen-bond acceptors (Lipinski definition) is 3. The van der Waals surface area contributed by atoms with E-state index in [1.807, 2.05) is 18.2 Å². The molecule has 1 atom stereocenters. The normalized spacial score (nSPS) is 20.2.